The predicted octanol–water partition coefficient (Wildman–Crippen LogP) is 2.31. The van der Waals surface area contributed by atoms with Crippen LogP contribution in [0.5, 0.6) is 0 Å². The Hall–Kier alpha value is -2.76. The number of likely N-dealkylation sites (tertiary alicyclic amines) is 1. The number of piperidine rings is 1. The molecule has 0 radical (unpaired) electrons. The molecule has 3 heterocycles. The minimum absolute atomic E-state index is 0.0735. The van der Waals surface area contributed by atoms with Crippen LogP contribution in [0.1, 0.15) is 29.2 Å². The van der Waals surface area contributed by atoms with Gasteiger partial charge in [0.1, 0.15) is 5.76 Å². The molecule has 1 aliphatic heterocycles. The van der Waals surface area contributed by atoms with E-state index in [9.17, 15) is 9.59 Å². The van der Waals surface area contributed by atoms with Gasteiger partial charge in [-0.25, -0.2) is 0 Å². The lowest BCUT2D eigenvalue weighted by molar-refractivity contribution is -0.117. The number of hydrogen-bond acceptors (Lipinski definition) is 4. The molecular formula is C17H18N2O4. The van der Waals surface area contributed by atoms with E-state index >= 15 is 0 Å². The lowest BCUT2D eigenvalue weighted by atomic mass is 10.0. The van der Waals surface area contributed by atoms with Crippen molar-refractivity contribution in [1.82, 2.24) is 10.2 Å². The number of hydrogen-bond donors (Lipinski definition) is 1. The topological polar surface area (TPSA) is 75.7 Å². The maximum absolute atomic E-state index is 12.1. The van der Waals surface area contributed by atoms with Crippen molar-refractivity contribution in [2.24, 2.45) is 0 Å². The zero-order chi connectivity index (χ0) is 16.1. The van der Waals surface area contributed by atoms with E-state index in [0.717, 1.165) is 12.8 Å². The van der Waals surface area contributed by atoms with Crippen LogP contribution in [0.2, 0.25) is 0 Å². The summed E-state index contributed by atoms with van der Waals surface area (Å²) in [6.45, 7) is 1.21. The Kier molecular flexibility index (Phi) is 4.61. The van der Waals surface area contributed by atoms with Crippen LogP contribution < -0.4 is 5.32 Å². The molecular weight excluding hydrogens is 296 g/mol. The summed E-state index contributed by atoms with van der Waals surface area (Å²) in [6.07, 6.45) is 7.60. The first-order valence-electron chi connectivity index (χ1n) is 7.57. The van der Waals surface area contributed by atoms with Crippen molar-refractivity contribution in [2.75, 3.05) is 13.1 Å². The van der Waals surface area contributed by atoms with Gasteiger partial charge in [0, 0.05) is 25.2 Å². The number of rotatable bonds is 4. The van der Waals surface area contributed by atoms with Crippen LogP contribution in [0.3, 0.4) is 0 Å². The zero-order valence-corrected chi connectivity index (χ0v) is 12.6. The normalized spacial score (nSPS) is 15.9. The molecule has 1 N–H and O–H groups in total. The monoisotopic (exact) mass is 314 g/mol. The highest BCUT2D eigenvalue weighted by Gasteiger charge is 2.25. The number of amides is 2. The van der Waals surface area contributed by atoms with E-state index in [1.807, 2.05) is 0 Å². The van der Waals surface area contributed by atoms with Crippen molar-refractivity contribution in [3.63, 3.8) is 0 Å². The summed E-state index contributed by atoms with van der Waals surface area (Å²) in [5.41, 5.74) is 0. The van der Waals surface area contributed by atoms with E-state index in [2.05, 4.69) is 5.32 Å². The average Bonchev–Trinajstić information content (AvgIpc) is 3.26. The van der Waals surface area contributed by atoms with Crippen LogP contribution in [0.25, 0.3) is 6.08 Å². The molecule has 2 aromatic heterocycles. The Morgan fingerprint density at radius 1 is 1.13 bits per heavy atom. The predicted molar refractivity (Wildman–Crippen MR) is 83.5 cm³/mol. The van der Waals surface area contributed by atoms with E-state index in [1.54, 1.807) is 41.5 Å². The van der Waals surface area contributed by atoms with Crippen LogP contribution in [0.4, 0.5) is 0 Å². The van der Waals surface area contributed by atoms with Gasteiger partial charge in [-0.15, -0.1) is 0 Å². The van der Waals surface area contributed by atoms with Crippen molar-refractivity contribution < 1.29 is 18.4 Å². The summed E-state index contributed by atoms with van der Waals surface area (Å²) >= 11 is 0. The highest BCUT2D eigenvalue weighted by molar-refractivity contribution is 5.92. The molecule has 0 bridgehead atoms. The second kappa shape index (κ2) is 7.00. The van der Waals surface area contributed by atoms with E-state index in [-0.39, 0.29) is 17.9 Å². The fourth-order valence-electron chi connectivity index (χ4n) is 2.58. The fraction of sp³-hybridized carbons (Fsp3) is 0.294. The molecule has 2 amide bonds. The summed E-state index contributed by atoms with van der Waals surface area (Å²) in [7, 11) is 0. The van der Waals surface area contributed by atoms with Gasteiger partial charge in [-0.05, 0) is 43.2 Å². The first-order chi connectivity index (χ1) is 11.2. The Bertz CT molecular complexity index is 666. The van der Waals surface area contributed by atoms with Crippen molar-refractivity contribution in [3.05, 3.63) is 54.4 Å². The van der Waals surface area contributed by atoms with E-state index in [0.29, 0.717) is 24.6 Å². The molecule has 120 valence electrons. The van der Waals surface area contributed by atoms with Gasteiger partial charge in [-0.2, -0.15) is 0 Å². The summed E-state index contributed by atoms with van der Waals surface area (Å²) in [4.78, 5) is 25.8. The first kappa shape index (κ1) is 15.1. The number of nitrogens with one attached hydrogen (secondary N) is 1. The largest absolute Gasteiger partial charge is 0.465 e. The highest BCUT2D eigenvalue weighted by Crippen LogP contribution is 2.14. The summed E-state index contributed by atoms with van der Waals surface area (Å²) in [5.74, 6) is 0.739. The molecule has 1 fully saturated rings. The molecule has 6 nitrogen and oxygen atoms in total. The Morgan fingerprint density at radius 2 is 1.87 bits per heavy atom. The molecule has 0 atom stereocenters. The molecule has 1 saturated heterocycles. The summed E-state index contributed by atoms with van der Waals surface area (Å²) < 4.78 is 10.3. The van der Waals surface area contributed by atoms with Gasteiger partial charge in [0.15, 0.2) is 5.76 Å². The van der Waals surface area contributed by atoms with E-state index in [4.69, 9.17) is 8.83 Å². The minimum Gasteiger partial charge on any atom is -0.465 e. The molecule has 0 unspecified atom stereocenters. The molecule has 23 heavy (non-hydrogen) atoms. The molecule has 1 aliphatic rings. The summed E-state index contributed by atoms with van der Waals surface area (Å²) in [6, 6.07) is 6.98. The van der Waals surface area contributed by atoms with Crippen LogP contribution in [-0.2, 0) is 4.79 Å². The molecule has 3 rings (SSSR count). The van der Waals surface area contributed by atoms with Gasteiger partial charge in [0.25, 0.3) is 5.91 Å². The van der Waals surface area contributed by atoms with Gasteiger partial charge >= 0.3 is 0 Å². The van der Waals surface area contributed by atoms with Gasteiger partial charge in [-0.1, -0.05) is 0 Å². The smallest absolute Gasteiger partial charge is 0.289 e. The third-order valence-electron chi connectivity index (χ3n) is 3.80. The second-order valence-electron chi connectivity index (χ2n) is 5.40. The number of nitrogens with zero attached hydrogens (tertiary/aromatic N) is 1. The highest BCUT2D eigenvalue weighted by atomic mass is 16.3. The van der Waals surface area contributed by atoms with Gasteiger partial charge in [-0.3, -0.25) is 9.59 Å². The van der Waals surface area contributed by atoms with Crippen LogP contribution in [-0.4, -0.2) is 35.8 Å². The summed E-state index contributed by atoms with van der Waals surface area (Å²) in [5, 5.41) is 2.95. The lowest BCUT2D eigenvalue weighted by Crippen LogP contribution is -2.46. The second-order valence-corrected chi connectivity index (χ2v) is 5.40. The quantitative estimate of drug-likeness (QED) is 0.879. The third-order valence-corrected chi connectivity index (χ3v) is 3.80. The molecule has 2 aromatic rings. The fourth-order valence-corrected chi connectivity index (χ4v) is 2.58. The minimum atomic E-state index is -0.155. The Labute approximate surface area is 133 Å². The van der Waals surface area contributed by atoms with Gasteiger partial charge in [0.05, 0.1) is 12.5 Å². The Morgan fingerprint density at radius 3 is 2.52 bits per heavy atom. The van der Waals surface area contributed by atoms with Crippen molar-refractivity contribution in [2.45, 2.75) is 18.9 Å². The van der Waals surface area contributed by atoms with Gasteiger partial charge < -0.3 is 19.1 Å². The Balaban J connectivity index is 1.45. The molecule has 0 spiro atoms. The average molecular weight is 314 g/mol. The van der Waals surface area contributed by atoms with Crippen LogP contribution in [0, 0.1) is 0 Å². The molecule has 0 saturated carbocycles. The van der Waals surface area contributed by atoms with Gasteiger partial charge in [0.2, 0.25) is 5.91 Å². The molecule has 6 heteroatoms. The maximum Gasteiger partial charge on any atom is 0.289 e. The van der Waals surface area contributed by atoms with E-state index in [1.165, 1.54) is 12.3 Å². The molecule has 0 aliphatic carbocycles. The molecule has 0 aromatic carbocycles. The third kappa shape index (κ3) is 3.91. The van der Waals surface area contributed by atoms with Crippen molar-refractivity contribution in [1.29, 1.82) is 0 Å². The van der Waals surface area contributed by atoms with Crippen molar-refractivity contribution in [3.8, 4) is 0 Å². The van der Waals surface area contributed by atoms with Crippen LogP contribution >= 0.6 is 0 Å². The number of carbonyl (C=O) groups excluding carboxylic acids is 2. The van der Waals surface area contributed by atoms with Crippen LogP contribution in [0.15, 0.2) is 51.7 Å². The van der Waals surface area contributed by atoms with E-state index < -0.39 is 0 Å². The lowest BCUT2D eigenvalue weighted by Gasteiger charge is -2.31. The number of carbonyl (C=O) groups is 2. The SMILES string of the molecule is O=C(/C=C/c1ccco1)NC1CCN(C(=O)c2ccco2)CC1. The standard InChI is InChI=1S/C17H18N2O4/c20-16(6-5-14-3-1-11-22-14)18-13-7-9-19(10-8-13)17(21)15-4-2-12-23-15/h1-6,11-13H,7-10H2,(H,18,20)/b6-5+. The number of furan rings is 2. The maximum atomic E-state index is 12.1. The first-order valence-corrected chi connectivity index (χ1v) is 7.57. The zero-order valence-electron chi connectivity index (χ0n) is 12.6. The van der Waals surface area contributed by atoms with Crippen molar-refractivity contribution >= 4 is 17.9 Å².